The van der Waals surface area contributed by atoms with Crippen molar-refractivity contribution in [1.29, 1.82) is 0 Å². The van der Waals surface area contributed by atoms with Crippen LogP contribution < -0.4 is 0 Å². The van der Waals surface area contributed by atoms with Crippen molar-refractivity contribution in [3.63, 3.8) is 0 Å². The topological polar surface area (TPSA) is 57.6 Å². The zero-order chi connectivity index (χ0) is 13.6. The van der Waals surface area contributed by atoms with Crippen molar-refractivity contribution in [2.75, 3.05) is 13.1 Å². The first-order chi connectivity index (χ1) is 8.28. The van der Waals surface area contributed by atoms with Crippen LogP contribution in [0.3, 0.4) is 0 Å². The molecule has 6 heteroatoms. The van der Waals surface area contributed by atoms with Gasteiger partial charge in [0.2, 0.25) is 10.0 Å². The van der Waals surface area contributed by atoms with Crippen molar-refractivity contribution in [3.05, 3.63) is 28.8 Å². The molecule has 0 radical (unpaired) electrons. The van der Waals surface area contributed by atoms with Crippen LogP contribution in [-0.4, -0.2) is 36.5 Å². The highest BCUT2D eigenvalue weighted by Gasteiger charge is 2.46. The summed E-state index contributed by atoms with van der Waals surface area (Å²) in [7, 11) is -3.52. The van der Waals surface area contributed by atoms with Crippen LogP contribution >= 0.6 is 11.6 Å². The van der Waals surface area contributed by atoms with Crippen LogP contribution in [0.25, 0.3) is 0 Å². The van der Waals surface area contributed by atoms with Gasteiger partial charge in [0.25, 0.3) is 0 Å². The zero-order valence-corrected chi connectivity index (χ0v) is 11.9. The van der Waals surface area contributed by atoms with Crippen molar-refractivity contribution in [3.8, 4) is 0 Å². The van der Waals surface area contributed by atoms with E-state index in [1.54, 1.807) is 19.1 Å². The van der Waals surface area contributed by atoms with E-state index in [-0.39, 0.29) is 18.0 Å². The minimum Gasteiger partial charge on any atom is -0.387 e. The highest BCUT2D eigenvalue weighted by molar-refractivity contribution is 7.89. The number of benzene rings is 1. The lowest BCUT2D eigenvalue weighted by atomic mass is 9.94. The quantitative estimate of drug-likeness (QED) is 0.923. The fraction of sp³-hybridized carbons (Fsp3) is 0.500. The van der Waals surface area contributed by atoms with E-state index in [0.29, 0.717) is 17.0 Å². The molecule has 1 aliphatic rings. The second-order valence-electron chi connectivity index (χ2n) is 4.76. The first-order valence-electron chi connectivity index (χ1n) is 5.77. The Hall–Kier alpha value is -0.620. The summed E-state index contributed by atoms with van der Waals surface area (Å²) < 4.78 is 25.9. The van der Waals surface area contributed by atoms with Crippen molar-refractivity contribution < 1.29 is 13.5 Å². The van der Waals surface area contributed by atoms with E-state index in [1.165, 1.54) is 10.4 Å². The van der Waals surface area contributed by atoms with Gasteiger partial charge in [-0.15, -0.1) is 0 Å². The van der Waals surface area contributed by atoms with Gasteiger partial charge in [-0.1, -0.05) is 18.5 Å². The summed E-state index contributed by atoms with van der Waals surface area (Å²) in [5, 5.41) is 10.4. The average Bonchev–Trinajstić information content (AvgIpc) is 2.24. The molecule has 100 valence electrons. The van der Waals surface area contributed by atoms with Gasteiger partial charge in [-0.3, -0.25) is 0 Å². The number of sulfonamides is 1. The predicted molar refractivity (Wildman–Crippen MR) is 70.2 cm³/mol. The highest BCUT2D eigenvalue weighted by atomic mass is 35.5. The highest BCUT2D eigenvalue weighted by Crippen LogP contribution is 2.31. The molecule has 0 spiro atoms. The summed E-state index contributed by atoms with van der Waals surface area (Å²) in [6, 6.07) is 4.70. The molecular formula is C12H16ClNO3S. The van der Waals surface area contributed by atoms with Gasteiger partial charge in [0.05, 0.1) is 10.5 Å². The van der Waals surface area contributed by atoms with Crippen molar-refractivity contribution >= 4 is 21.6 Å². The first kappa shape index (κ1) is 13.8. The number of rotatable bonds is 3. The van der Waals surface area contributed by atoms with Crippen LogP contribution in [0, 0.1) is 6.92 Å². The lowest BCUT2D eigenvalue weighted by molar-refractivity contribution is -0.0613. The third kappa shape index (κ3) is 2.28. The average molecular weight is 290 g/mol. The molecule has 18 heavy (non-hydrogen) atoms. The Morgan fingerprint density at radius 2 is 2.06 bits per heavy atom. The summed E-state index contributed by atoms with van der Waals surface area (Å²) in [4.78, 5) is 0.255. The minimum absolute atomic E-state index is 0.161. The molecule has 0 bridgehead atoms. The van der Waals surface area contributed by atoms with Gasteiger partial charge in [-0.25, -0.2) is 8.42 Å². The van der Waals surface area contributed by atoms with E-state index in [9.17, 15) is 13.5 Å². The van der Waals surface area contributed by atoms with Gasteiger partial charge in [-0.05, 0) is 37.1 Å². The maximum absolute atomic E-state index is 12.3. The second kappa shape index (κ2) is 4.49. The van der Waals surface area contributed by atoms with Crippen molar-refractivity contribution in [1.82, 2.24) is 4.31 Å². The summed E-state index contributed by atoms with van der Waals surface area (Å²) >= 11 is 5.81. The van der Waals surface area contributed by atoms with Gasteiger partial charge in [0.1, 0.15) is 0 Å². The molecule has 0 unspecified atom stereocenters. The summed E-state index contributed by atoms with van der Waals surface area (Å²) in [5.74, 6) is 0. The molecule has 2 rings (SSSR count). The second-order valence-corrected chi connectivity index (χ2v) is 7.10. The van der Waals surface area contributed by atoms with E-state index in [2.05, 4.69) is 0 Å². The number of β-amino-alcohol motifs (C(OH)–C–C–N with tert-alkyl or cyclic N) is 1. The molecule has 1 saturated heterocycles. The number of aliphatic hydroxyl groups is 1. The van der Waals surface area contributed by atoms with E-state index >= 15 is 0 Å². The maximum atomic E-state index is 12.3. The maximum Gasteiger partial charge on any atom is 0.243 e. The van der Waals surface area contributed by atoms with E-state index in [4.69, 9.17) is 11.6 Å². The smallest absolute Gasteiger partial charge is 0.243 e. The predicted octanol–water partition coefficient (Wildman–Crippen LogP) is 1.79. The van der Waals surface area contributed by atoms with Crippen molar-refractivity contribution in [2.45, 2.75) is 30.8 Å². The molecule has 0 aliphatic carbocycles. The molecule has 1 heterocycles. The van der Waals surface area contributed by atoms with E-state index in [1.807, 2.05) is 6.92 Å². The van der Waals surface area contributed by atoms with Crippen LogP contribution in [0.2, 0.25) is 5.02 Å². The van der Waals surface area contributed by atoms with Crippen molar-refractivity contribution in [2.24, 2.45) is 0 Å². The zero-order valence-electron chi connectivity index (χ0n) is 10.4. The Bertz CT molecular complexity index is 565. The molecule has 0 atom stereocenters. The number of aryl methyl sites for hydroxylation is 1. The molecule has 1 N–H and O–H groups in total. The molecular weight excluding hydrogens is 274 g/mol. The summed E-state index contributed by atoms with van der Waals surface area (Å²) in [5.41, 5.74) is -0.248. The van der Waals surface area contributed by atoms with Gasteiger partial charge in [0, 0.05) is 18.1 Å². The Balaban J connectivity index is 2.28. The first-order valence-corrected chi connectivity index (χ1v) is 7.59. The minimum atomic E-state index is -3.52. The molecule has 0 aromatic heterocycles. The van der Waals surface area contributed by atoms with E-state index < -0.39 is 15.6 Å². The largest absolute Gasteiger partial charge is 0.387 e. The lowest BCUT2D eigenvalue weighted by Gasteiger charge is -2.45. The fourth-order valence-corrected chi connectivity index (χ4v) is 4.08. The van der Waals surface area contributed by atoms with Gasteiger partial charge in [-0.2, -0.15) is 4.31 Å². The third-order valence-corrected chi connectivity index (χ3v) is 5.54. The normalized spacial score (nSPS) is 19.6. The number of hydrogen-bond acceptors (Lipinski definition) is 3. The van der Waals surface area contributed by atoms with Gasteiger partial charge < -0.3 is 5.11 Å². The molecule has 1 aliphatic heterocycles. The van der Waals surface area contributed by atoms with Crippen LogP contribution in [0.4, 0.5) is 0 Å². The summed E-state index contributed by atoms with van der Waals surface area (Å²) in [6.07, 6.45) is 0.554. The molecule has 1 aromatic carbocycles. The SMILES string of the molecule is CCC1(O)CN(S(=O)(=O)c2ccc(Cl)cc2C)C1. The fourth-order valence-electron chi connectivity index (χ4n) is 2.05. The van der Waals surface area contributed by atoms with Gasteiger partial charge >= 0.3 is 0 Å². The Morgan fingerprint density at radius 3 is 2.56 bits per heavy atom. The Labute approximate surface area is 112 Å². The Kier molecular flexibility index (Phi) is 3.44. The molecule has 0 amide bonds. The van der Waals surface area contributed by atoms with E-state index in [0.717, 1.165) is 0 Å². The van der Waals surface area contributed by atoms with Crippen LogP contribution in [0.15, 0.2) is 23.1 Å². The van der Waals surface area contributed by atoms with Crippen LogP contribution in [0.5, 0.6) is 0 Å². The lowest BCUT2D eigenvalue weighted by Crippen LogP contribution is -2.62. The standard InChI is InChI=1S/C12H16ClNO3S/c1-3-12(15)7-14(8-12)18(16,17)11-5-4-10(13)6-9(11)2/h4-6,15H,3,7-8H2,1-2H3. The number of nitrogens with zero attached hydrogens (tertiary/aromatic N) is 1. The molecule has 1 fully saturated rings. The monoisotopic (exact) mass is 289 g/mol. The molecule has 1 aromatic rings. The summed E-state index contributed by atoms with van der Waals surface area (Å²) in [6.45, 7) is 3.88. The van der Waals surface area contributed by atoms with Gasteiger partial charge in [0.15, 0.2) is 0 Å². The molecule has 4 nitrogen and oxygen atoms in total. The number of halogens is 1. The van der Waals surface area contributed by atoms with Crippen LogP contribution in [-0.2, 0) is 10.0 Å². The molecule has 0 saturated carbocycles. The Morgan fingerprint density at radius 1 is 1.44 bits per heavy atom. The number of hydrogen-bond donors (Lipinski definition) is 1. The third-order valence-electron chi connectivity index (χ3n) is 3.35. The van der Waals surface area contributed by atoms with Crippen LogP contribution in [0.1, 0.15) is 18.9 Å².